The predicted octanol–water partition coefficient (Wildman–Crippen LogP) is 1.91. The lowest BCUT2D eigenvalue weighted by atomic mass is 10.2. The lowest BCUT2D eigenvalue weighted by Crippen LogP contribution is -2.41. The Hall–Kier alpha value is -1.97. The summed E-state index contributed by atoms with van der Waals surface area (Å²) in [6.07, 6.45) is 1.99. The monoisotopic (exact) mass is 243 g/mol. The molecule has 0 fully saturated rings. The van der Waals surface area contributed by atoms with Crippen molar-refractivity contribution in [1.82, 2.24) is 10.6 Å². The second-order valence-corrected chi connectivity index (χ2v) is 4.44. The average molecular weight is 243 g/mol. The number of hydrogen-bond donors (Lipinski definition) is 2. The highest BCUT2D eigenvalue weighted by Crippen LogP contribution is 2.18. The van der Waals surface area contributed by atoms with Gasteiger partial charge in [0.2, 0.25) is 0 Å². The minimum absolute atomic E-state index is 0.839. The molecule has 2 N–H and O–H groups in total. The molecule has 1 aliphatic rings. The summed E-state index contributed by atoms with van der Waals surface area (Å²) in [5.41, 5.74) is 0.959. The second-order valence-electron chi connectivity index (χ2n) is 4.44. The number of guanidine groups is 1. The third-order valence-corrected chi connectivity index (χ3v) is 3.04. The van der Waals surface area contributed by atoms with E-state index < -0.39 is 0 Å². The molecule has 1 aliphatic heterocycles. The van der Waals surface area contributed by atoms with Gasteiger partial charge in [0.1, 0.15) is 11.3 Å². The van der Waals surface area contributed by atoms with Gasteiger partial charge in [-0.05, 0) is 18.6 Å². The number of nitrogens with zero attached hydrogens (tertiary/aromatic N) is 1. The number of rotatable bonds is 3. The number of para-hydroxylation sites is 1. The molecule has 0 unspecified atom stereocenters. The van der Waals surface area contributed by atoms with E-state index in [0.717, 1.165) is 49.8 Å². The maximum atomic E-state index is 5.76. The summed E-state index contributed by atoms with van der Waals surface area (Å²) in [7, 11) is 0. The van der Waals surface area contributed by atoms with Crippen LogP contribution in [-0.4, -0.2) is 25.6 Å². The van der Waals surface area contributed by atoms with Crippen LogP contribution in [0.2, 0.25) is 0 Å². The number of aliphatic imine (C=N–C) groups is 1. The Morgan fingerprint density at radius 1 is 1.33 bits per heavy atom. The molecule has 2 aromatic rings. The standard InChI is InChI=1S/C14H17N3O/c1-2-5-13-11(4-1)10-12(18-13)6-9-17-14-15-7-3-8-16-14/h1-2,4-5,10H,3,6-9H2,(H2,15,16,17). The Bertz CT molecular complexity index is 526. The average Bonchev–Trinajstić information content (AvgIpc) is 2.82. The molecular weight excluding hydrogens is 226 g/mol. The SMILES string of the molecule is c1ccc2oc(CCNC3=NCCCN3)cc2c1. The van der Waals surface area contributed by atoms with Crippen LogP contribution in [0.4, 0.5) is 0 Å². The van der Waals surface area contributed by atoms with Crippen LogP contribution in [-0.2, 0) is 6.42 Å². The highest BCUT2D eigenvalue weighted by atomic mass is 16.3. The Balaban J connectivity index is 1.58. The molecule has 0 saturated heterocycles. The minimum Gasteiger partial charge on any atom is -0.461 e. The van der Waals surface area contributed by atoms with Crippen molar-refractivity contribution in [3.8, 4) is 0 Å². The van der Waals surface area contributed by atoms with Crippen LogP contribution in [0.15, 0.2) is 39.7 Å². The van der Waals surface area contributed by atoms with Crippen molar-refractivity contribution in [3.63, 3.8) is 0 Å². The Labute approximate surface area is 106 Å². The maximum absolute atomic E-state index is 5.76. The van der Waals surface area contributed by atoms with Gasteiger partial charge in [-0.1, -0.05) is 18.2 Å². The van der Waals surface area contributed by atoms with Gasteiger partial charge in [-0.2, -0.15) is 0 Å². The fraction of sp³-hybridized carbons (Fsp3) is 0.357. The number of furan rings is 1. The van der Waals surface area contributed by atoms with E-state index in [-0.39, 0.29) is 0 Å². The van der Waals surface area contributed by atoms with E-state index in [9.17, 15) is 0 Å². The molecule has 0 bridgehead atoms. The van der Waals surface area contributed by atoms with Gasteiger partial charge in [0, 0.05) is 31.4 Å². The van der Waals surface area contributed by atoms with Gasteiger partial charge in [0.15, 0.2) is 5.96 Å². The summed E-state index contributed by atoms with van der Waals surface area (Å²) in [5, 5.41) is 7.70. The van der Waals surface area contributed by atoms with E-state index in [4.69, 9.17) is 4.42 Å². The number of nitrogens with one attached hydrogen (secondary N) is 2. The fourth-order valence-electron chi connectivity index (χ4n) is 2.12. The van der Waals surface area contributed by atoms with Crippen LogP contribution in [0.1, 0.15) is 12.2 Å². The van der Waals surface area contributed by atoms with Crippen LogP contribution in [0.5, 0.6) is 0 Å². The van der Waals surface area contributed by atoms with E-state index >= 15 is 0 Å². The Kier molecular flexibility index (Phi) is 3.17. The zero-order valence-corrected chi connectivity index (χ0v) is 10.3. The van der Waals surface area contributed by atoms with Gasteiger partial charge in [0.25, 0.3) is 0 Å². The van der Waals surface area contributed by atoms with Crippen LogP contribution in [0.25, 0.3) is 11.0 Å². The smallest absolute Gasteiger partial charge is 0.191 e. The third kappa shape index (κ3) is 2.47. The first-order valence-electron chi connectivity index (χ1n) is 6.41. The lowest BCUT2D eigenvalue weighted by Gasteiger charge is -2.15. The quantitative estimate of drug-likeness (QED) is 0.865. The molecule has 4 heteroatoms. The molecule has 0 radical (unpaired) electrons. The summed E-state index contributed by atoms with van der Waals surface area (Å²) in [6.45, 7) is 2.77. The van der Waals surface area contributed by atoms with E-state index in [1.165, 1.54) is 5.39 Å². The first-order valence-corrected chi connectivity index (χ1v) is 6.41. The maximum Gasteiger partial charge on any atom is 0.191 e. The molecule has 94 valence electrons. The van der Waals surface area contributed by atoms with E-state index in [1.54, 1.807) is 0 Å². The summed E-state index contributed by atoms with van der Waals surface area (Å²) < 4.78 is 5.76. The van der Waals surface area contributed by atoms with Gasteiger partial charge in [-0.15, -0.1) is 0 Å². The van der Waals surface area contributed by atoms with Crippen molar-refractivity contribution in [2.24, 2.45) is 4.99 Å². The van der Waals surface area contributed by atoms with Crippen LogP contribution < -0.4 is 10.6 Å². The molecule has 0 aliphatic carbocycles. The zero-order chi connectivity index (χ0) is 12.2. The van der Waals surface area contributed by atoms with Crippen molar-refractivity contribution >= 4 is 16.9 Å². The topological polar surface area (TPSA) is 49.6 Å². The molecule has 18 heavy (non-hydrogen) atoms. The van der Waals surface area contributed by atoms with Gasteiger partial charge < -0.3 is 15.1 Å². The van der Waals surface area contributed by atoms with Crippen molar-refractivity contribution in [2.45, 2.75) is 12.8 Å². The molecule has 0 saturated carbocycles. The molecule has 0 spiro atoms. The van der Waals surface area contributed by atoms with Crippen LogP contribution in [0, 0.1) is 0 Å². The molecule has 3 rings (SSSR count). The highest BCUT2D eigenvalue weighted by molar-refractivity contribution is 5.80. The molecule has 1 aromatic carbocycles. The van der Waals surface area contributed by atoms with Gasteiger partial charge in [-0.25, -0.2) is 0 Å². The molecule has 4 nitrogen and oxygen atoms in total. The van der Waals surface area contributed by atoms with Crippen molar-refractivity contribution in [2.75, 3.05) is 19.6 Å². The van der Waals surface area contributed by atoms with E-state index in [2.05, 4.69) is 27.8 Å². The van der Waals surface area contributed by atoms with E-state index in [1.807, 2.05) is 18.2 Å². The Morgan fingerprint density at radius 2 is 2.28 bits per heavy atom. The second kappa shape index (κ2) is 5.12. The summed E-state index contributed by atoms with van der Waals surface area (Å²) in [5.74, 6) is 1.93. The van der Waals surface area contributed by atoms with Crippen molar-refractivity contribution < 1.29 is 4.42 Å². The fourth-order valence-corrected chi connectivity index (χ4v) is 2.12. The van der Waals surface area contributed by atoms with Gasteiger partial charge >= 0.3 is 0 Å². The normalized spacial score (nSPS) is 15.2. The number of fused-ring (bicyclic) bond motifs is 1. The van der Waals surface area contributed by atoms with Crippen molar-refractivity contribution in [3.05, 3.63) is 36.1 Å². The van der Waals surface area contributed by atoms with E-state index in [0.29, 0.717) is 0 Å². The third-order valence-electron chi connectivity index (χ3n) is 3.04. The summed E-state index contributed by atoms with van der Waals surface area (Å²) >= 11 is 0. The van der Waals surface area contributed by atoms with Crippen molar-refractivity contribution in [1.29, 1.82) is 0 Å². The molecule has 2 heterocycles. The zero-order valence-electron chi connectivity index (χ0n) is 10.3. The first-order chi connectivity index (χ1) is 8.92. The van der Waals surface area contributed by atoms with Gasteiger partial charge in [0.05, 0.1) is 0 Å². The largest absolute Gasteiger partial charge is 0.461 e. The molecule has 0 amide bonds. The van der Waals surface area contributed by atoms with Crippen LogP contribution in [0.3, 0.4) is 0 Å². The lowest BCUT2D eigenvalue weighted by molar-refractivity contribution is 0.544. The minimum atomic E-state index is 0.839. The first kappa shape index (κ1) is 11.1. The number of hydrogen-bond acceptors (Lipinski definition) is 4. The molecule has 0 atom stereocenters. The van der Waals surface area contributed by atoms with Crippen LogP contribution >= 0.6 is 0 Å². The summed E-state index contributed by atoms with van der Waals surface area (Å²) in [4.78, 5) is 4.37. The predicted molar refractivity (Wildman–Crippen MR) is 72.8 cm³/mol. The van der Waals surface area contributed by atoms with Gasteiger partial charge in [-0.3, -0.25) is 4.99 Å². The number of benzene rings is 1. The molecule has 1 aromatic heterocycles. The highest BCUT2D eigenvalue weighted by Gasteiger charge is 2.05. The Morgan fingerprint density at radius 3 is 3.11 bits per heavy atom. The summed E-state index contributed by atoms with van der Waals surface area (Å²) in [6, 6.07) is 10.2. The molecular formula is C14H17N3O.